The predicted octanol–water partition coefficient (Wildman–Crippen LogP) is 1.85. The second kappa shape index (κ2) is 16.2. The van der Waals surface area contributed by atoms with E-state index in [1.165, 1.54) is 4.90 Å². The number of likely N-dealkylation sites (tertiary alicyclic amines) is 1. The minimum atomic E-state index is -1.23. The molecular formula is C36H50N4O8. The second-order valence-electron chi connectivity index (χ2n) is 13.0. The number of benzene rings is 1. The molecule has 4 saturated heterocycles. The van der Waals surface area contributed by atoms with E-state index in [2.05, 4.69) is 23.4 Å². The number of amides is 3. The van der Waals surface area contributed by atoms with Crippen LogP contribution < -0.4 is 5.32 Å². The predicted molar refractivity (Wildman–Crippen MR) is 177 cm³/mol. The Morgan fingerprint density at radius 2 is 1.94 bits per heavy atom. The Bertz CT molecular complexity index is 1320. The molecule has 262 valence electrons. The smallest absolute Gasteiger partial charge is 0.313 e. The summed E-state index contributed by atoms with van der Waals surface area (Å²) >= 11 is 0. The van der Waals surface area contributed by atoms with Gasteiger partial charge in [0.2, 0.25) is 17.7 Å². The minimum absolute atomic E-state index is 0.0586. The summed E-state index contributed by atoms with van der Waals surface area (Å²) in [4.78, 5) is 61.1. The summed E-state index contributed by atoms with van der Waals surface area (Å²) in [6, 6.07) is 7.52. The SMILES string of the molecule is C=CCCC(=O)NC[C@@H](OC(=O)[C@@H]1[C@@H]2CC[C@]3(O2)[C@H](C(=O)N(CC=C)CCN2CCOCC2)N([C@@H](CC)CO)C(=O)[C@@H]13)c1ccccc1. The number of aliphatic hydroxyl groups excluding tert-OH is 1. The fraction of sp³-hybridized carbons (Fsp3) is 0.611. The summed E-state index contributed by atoms with van der Waals surface area (Å²) in [6.45, 7) is 13.3. The lowest BCUT2D eigenvalue weighted by atomic mass is 9.70. The topological polar surface area (TPSA) is 138 Å². The van der Waals surface area contributed by atoms with E-state index >= 15 is 0 Å². The lowest BCUT2D eigenvalue weighted by Crippen LogP contribution is -2.59. The molecule has 12 heteroatoms. The number of fused-ring (bicyclic) bond motifs is 1. The van der Waals surface area contributed by atoms with Crippen LogP contribution >= 0.6 is 0 Å². The van der Waals surface area contributed by atoms with Crippen LogP contribution in [0.2, 0.25) is 0 Å². The molecule has 3 amide bonds. The van der Waals surface area contributed by atoms with Crippen molar-refractivity contribution < 1.29 is 38.5 Å². The third kappa shape index (κ3) is 7.22. The van der Waals surface area contributed by atoms with E-state index in [-0.39, 0.29) is 43.8 Å². The maximum absolute atomic E-state index is 14.6. The molecule has 4 aliphatic rings. The summed E-state index contributed by atoms with van der Waals surface area (Å²) in [5.74, 6) is -3.32. The normalized spacial score (nSPS) is 27.6. The number of morpholine rings is 1. The fourth-order valence-corrected chi connectivity index (χ4v) is 7.79. The van der Waals surface area contributed by atoms with Gasteiger partial charge >= 0.3 is 5.97 Å². The minimum Gasteiger partial charge on any atom is -0.455 e. The number of nitrogens with zero attached hydrogens (tertiary/aromatic N) is 3. The van der Waals surface area contributed by atoms with Gasteiger partial charge in [0.25, 0.3) is 0 Å². The first-order valence-corrected chi connectivity index (χ1v) is 17.2. The third-order valence-corrected chi connectivity index (χ3v) is 10.3. The van der Waals surface area contributed by atoms with Crippen LogP contribution in [-0.2, 0) is 33.4 Å². The number of carbonyl (C=O) groups excluding carboxylic acids is 4. The van der Waals surface area contributed by atoms with Crippen molar-refractivity contribution in [3.63, 3.8) is 0 Å². The summed E-state index contributed by atoms with van der Waals surface area (Å²) in [6.07, 6.45) is 4.07. The van der Waals surface area contributed by atoms with Crippen LogP contribution in [0, 0.1) is 11.8 Å². The van der Waals surface area contributed by atoms with Gasteiger partial charge in [-0.25, -0.2) is 0 Å². The lowest BCUT2D eigenvalue weighted by Gasteiger charge is -2.39. The van der Waals surface area contributed by atoms with Gasteiger partial charge in [0.1, 0.15) is 17.7 Å². The number of hydrogen-bond acceptors (Lipinski definition) is 9. The zero-order valence-electron chi connectivity index (χ0n) is 28.0. The van der Waals surface area contributed by atoms with Crippen molar-refractivity contribution >= 4 is 23.7 Å². The molecule has 2 N–H and O–H groups in total. The Morgan fingerprint density at radius 3 is 2.60 bits per heavy atom. The highest BCUT2D eigenvalue weighted by Gasteiger charge is 2.75. The standard InChI is InChI=1S/C36H50N4O8/c1-4-7-13-29(42)37-23-28(25-11-9-8-10-12-25)47-35(45)30-27-14-15-36(48-27)31(30)33(43)40(26(6-3)24-41)32(36)34(44)39(16-5-2)18-17-38-19-21-46-22-20-38/h4-5,8-12,26-28,30-32,41H,1-2,6-7,13-24H2,3H3,(H,37,42)/t26-,27-,28+,30+,31+,32-,36+/m0/s1. The third-order valence-electron chi connectivity index (χ3n) is 10.3. The average molecular weight is 667 g/mol. The van der Waals surface area contributed by atoms with Crippen LogP contribution in [0.3, 0.4) is 0 Å². The van der Waals surface area contributed by atoms with E-state index in [1.807, 2.05) is 37.3 Å². The molecule has 2 bridgehead atoms. The van der Waals surface area contributed by atoms with Crippen molar-refractivity contribution in [2.45, 2.75) is 68.9 Å². The summed E-state index contributed by atoms with van der Waals surface area (Å²) in [5.41, 5.74) is -0.530. The molecule has 4 heterocycles. The lowest BCUT2D eigenvalue weighted by molar-refractivity contribution is -0.161. The first-order chi connectivity index (χ1) is 23.3. The number of nitrogens with one attached hydrogen (secondary N) is 1. The molecule has 1 aromatic rings. The Hall–Kier alpha value is -3.58. The van der Waals surface area contributed by atoms with Crippen LogP contribution in [-0.4, -0.2) is 126 Å². The zero-order chi connectivity index (χ0) is 34.3. The van der Waals surface area contributed by atoms with Crippen LogP contribution in [0.25, 0.3) is 0 Å². The van der Waals surface area contributed by atoms with E-state index in [9.17, 15) is 24.3 Å². The largest absolute Gasteiger partial charge is 0.455 e. The van der Waals surface area contributed by atoms with E-state index in [0.29, 0.717) is 57.6 Å². The number of esters is 1. The van der Waals surface area contributed by atoms with E-state index in [4.69, 9.17) is 14.2 Å². The van der Waals surface area contributed by atoms with E-state index in [1.54, 1.807) is 17.1 Å². The van der Waals surface area contributed by atoms with Gasteiger partial charge in [-0.05, 0) is 31.2 Å². The van der Waals surface area contributed by atoms with E-state index < -0.39 is 47.7 Å². The molecule has 5 rings (SSSR count). The van der Waals surface area contributed by atoms with Crippen LogP contribution in [0.15, 0.2) is 55.6 Å². The van der Waals surface area contributed by atoms with Crippen LogP contribution in [0.5, 0.6) is 0 Å². The average Bonchev–Trinajstić information content (AvgIpc) is 3.76. The Balaban J connectivity index is 1.41. The number of allylic oxidation sites excluding steroid dienone is 1. The molecule has 0 radical (unpaired) electrons. The molecule has 4 aliphatic heterocycles. The van der Waals surface area contributed by atoms with Gasteiger partial charge in [-0.3, -0.25) is 24.1 Å². The Labute approximate surface area is 283 Å². The van der Waals surface area contributed by atoms with Crippen molar-refractivity contribution in [3.8, 4) is 0 Å². The van der Waals surface area contributed by atoms with Crippen molar-refractivity contribution in [3.05, 3.63) is 61.2 Å². The molecular weight excluding hydrogens is 616 g/mol. The quantitative estimate of drug-likeness (QED) is 0.189. The number of ether oxygens (including phenoxy) is 3. The number of carbonyl (C=O) groups is 4. The molecule has 12 nitrogen and oxygen atoms in total. The van der Waals surface area contributed by atoms with Crippen LogP contribution in [0.4, 0.5) is 0 Å². The summed E-state index contributed by atoms with van der Waals surface area (Å²) in [5, 5.41) is 13.3. The maximum atomic E-state index is 14.6. The molecule has 1 aromatic carbocycles. The Morgan fingerprint density at radius 1 is 1.19 bits per heavy atom. The van der Waals surface area contributed by atoms with Gasteiger partial charge in [-0.1, -0.05) is 49.4 Å². The second-order valence-corrected chi connectivity index (χ2v) is 13.0. The zero-order valence-corrected chi connectivity index (χ0v) is 28.0. The van der Waals surface area contributed by atoms with Gasteiger partial charge in [0.15, 0.2) is 0 Å². The number of aliphatic hydroxyl groups is 1. The van der Waals surface area contributed by atoms with Crippen molar-refractivity contribution in [1.82, 2.24) is 20.0 Å². The number of rotatable bonds is 17. The summed E-state index contributed by atoms with van der Waals surface area (Å²) < 4.78 is 18.2. The molecule has 7 atom stereocenters. The van der Waals surface area contributed by atoms with Gasteiger partial charge in [0.05, 0.1) is 50.3 Å². The van der Waals surface area contributed by atoms with E-state index in [0.717, 1.165) is 13.1 Å². The summed E-state index contributed by atoms with van der Waals surface area (Å²) in [7, 11) is 0. The molecule has 48 heavy (non-hydrogen) atoms. The highest BCUT2D eigenvalue weighted by atomic mass is 16.6. The molecule has 0 aliphatic carbocycles. The molecule has 1 spiro atoms. The molecule has 0 aromatic heterocycles. The van der Waals surface area contributed by atoms with Crippen LogP contribution in [0.1, 0.15) is 50.7 Å². The monoisotopic (exact) mass is 666 g/mol. The Kier molecular flexibility index (Phi) is 12.1. The highest BCUT2D eigenvalue weighted by Crippen LogP contribution is 2.59. The van der Waals surface area contributed by atoms with Gasteiger partial charge in [-0.2, -0.15) is 0 Å². The van der Waals surface area contributed by atoms with Gasteiger partial charge < -0.3 is 34.4 Å². The maximum Gasteiger partial charge on any atom is 0.313 e. The first kappa shape index (κ1) is 35.7. The first-order valence-electron chi connectivity index (χ1n) is 17.2. The van der Waals surface area contributed by atoms with Crippen molar-refractivity contribution in [1.29, 1.82) is 0 Å². The fourth-order valence-electron chi connectivity index (χ4n) is 7.79. The molecule has 0 unspecified atom stereocenters. The molecule has 4 fully saturated rings. The van der Waals surface area contributed by atoms with Gasteiger partial charge in [0, 0.05) is 39.1 Å². The van der Waals surface area contributed by atoms with Crippen molar-refractivity contribution in [2.75, 3.05) is 59.1 Å². The highest BCUT2D eigenvalue weighted by molar-refractivity contribution is 5.98. The number of hydrogen-bond donors (Lipinski definition) is 2. The molecule has 0 saturated carbocycles. The van der Waals surface area contributed by atoms with Crippen molar-refractivity contribution in [2.24, 2.45) is 11.8 Å². The van der Waals surface area contributed by atoms with Gasteiger partial charge in [-0.15, -0.1) is 13.2 Å².